The highest BCUT2D eigenvalue weighted by molar-refractivity contribution is 5.82. The summed E-state index contributed by atoms with van der Waals surface area (Å²) < 4.78 is 0. The Morgan fingerprint density at radius 2 is 1.93 bits per heavy atom. The Kier molecular flexibility index (Phi) is 5.15. The van der Waals surface area contributed by atoms with Gasteiger partial charge in [-0.3, -0.25) is 9.59 Å². The van der Waals surface area contributed by atoms with Gasteiger partial charge in [0.25, 0.3) is 5.56 Å². The number of piperazine rings is 1. The van der Waals surface area contributed by atoms with Gasteiger partial charge < -0.3 is 14.8 Å². The normalized spacial score (nSPS) is 18.1. The van der Waals surface area contributed by atoms with Crippen LogP contribution in [0.15, 0.2) is 23.1 Å². The number of carbonyl (C=O) groups excluding carboxylic acids is 1. The molecular weight excluding hydrogens is 354 g/mol. The summed E-state index contributed by atoms with van der Waals surface area (Å²) >= 11 is 0. The van der Waals surface area contributed by atoms with Crippen LogP contribution in [0.2, 0.25) is 0 Å². The maximum Gasteiger partial charge on any atom is 0.254 e. The number of hydrogen-bond donors (Lipinski definition) is 1. The molecule has 1 aliphatic heterocycles. The van der Waals surface area contributed by atoms with Crippen molar-refractivity contribution in [1.82, 2.24) is 19.9 Å². The van der Waals surface area contributed by atoms with Gasteiger partial charge in [0.1, 0.15) is 11.6 Å². The van der Waals surface area contributed by atoms with Crippen LogP contribution in [0.4, 0.5) is 5.82 Å². The number of hydrogen-bond acceptors (Lipinski definition) is 5. The standard InChI is InChI=1S/C21H27N5O2/c1-14-15(2)23-20(24-21(14)28)17-7-8-18(22-11-17)25-9-10-26(19(27)13-25)12-16-5-3-4-6-16/h7-8,11,16H,3-6,9-10,12-13H2,1-2H3,(H,23,24,28). The molecule has 1 aliphatic carbocycles. The van der Waals surface area contributed by atoms with E-state index in [1.807, 2.05) is 28.9 Å². The van der Waals surface area contributed by atoms with Crippen LogP contribution in [-0.2, 0) is 4.79 Å². The number of nitrogens with zero attached hydrogens (tertiary/aromatic N) is 4. The average molecular weight is 381 g/mol. The Hall–Kier alpha value is -2.70. The summed E-state index contributed by atoms with van der Waals surface area (Å²) in [6.07, 6.45) is 6.82. The molecule has 0 bridgehead atoms. The van der Waals surface area contributed by atoms with E-state index in [4.69, 9.17) is 0 Å². The highest BCUT2D eigenvalue weighted by atomic mass is 16.2. The van der Waals surface area contributed by atoms with E-state index in [0.717, 1.165) is 31.0 Å². The van der Waals surface area contributed by atoms with Crippen molar-refractivity contribution in [2.75, 3.05) is 31.1 Å². The third-order valence-electron chi connectivity index (χ3n) is 6.01. The number of aromatic nitrogens is 3. The summed E-state index contributed by atoms with van der Waals surface area (Å²) in [6.45, 7) is 6.42. The van der Waals surface area contributed by atoms with Crippen molar-refractivity contribution in [3.8, 4) is 11.4 Å². The summed E-state index contributed by atoms with van der Waals surface area (Å²) in [5, 5.41) is 0. The van der Waals surface area contributed by atoms with Crippen molar-refractivity contribution >= 4 is 11.7 Å². The van der Waals surface area contributed by atoms with E-state index < -0.39 is 0 Å². The molecule has 0 aromatic carbocycles. The van der Waals surface area contributed by atoms with Crippen LogP contribution in [0.3, 0.4) is 0 Å². The molecule has 7 nitrogen and oxygen atoms in total. The third-order valence-corrected chi connectivity index (χ3v) is 6.01. The van der Waals surface area contributed by atoms with Crippen LogP contribution in [0.25, 0.3) is 11.4 Å². The summed E-state index contributed by atoms with van der Waals surface area (Å²) in [5.41, 5.74) is 1.97. The lowest BCUT2D eigenvalue weighted by atomic mass is 10.1. The van der Waals surface area contributed by atoms with Crippen molar-refractivity contribution in [2.24, 2.45) is 5.92 Å². The molecule has 1 amide bonds. The fourth-order valence-corrected chi connectivity index (χ4v) is 4.10. The van der Waals surface area contributed by atoms with E-state index in [9.17, 15) is 9.59 Å². The highest BCUT2D eigenvalue weighted by Gasteiger charge is 2.27. The molecule has 0 spiro atoms. The van der Waals surface area contributed by atoms with Crippen LogP contribution in [0.1, 0.15) is 36.9 Å². The van der Waals surface area contributed by atoms with Gasteiger partial charge in [-0.1, -0.05) is 12.8 Å². The fraction of sp³-hybridized carbons (Fsp3) is 0.524. The summed E-state index contributed by atoms with van der Waals surface area (Å²) in [7, 11) is 0. The molecule has 4 rings (SSSR count). The maximum atomic E-state index is 12.6. The second-order valence-corrected chi connectivity index (χ2v) is 7.94. The minimum atomic E-state index is -0.129. The first-order chi connectivity index (χ1) is 13.5. The monoisotopic (exact) mass is 381 g/mol. The molecule has 2 aliphatic rings. The molecule has 3 heterocycles. The zero-order chi connectivity index (χ0) is 19.7. The molecule has 0 atom stereocenters. The van der Waals surface area contributed by atoms with Crippen molar-refractivity contribution < 1.29 is 4.79 Å². The topological polar surface area (TPSA) is 82.2 Å². The number of rotatable bonds is 4. The van der Waals surface area contributed by atoms with Gasteiger partial charge in [-0.25, -0.2) is 9.97 Å². The fourth-order valence-electron chi connectivity index (χ4n) is 4.10. The number of carbonyl (C=O) groups is 1. The highest BCUT2D eigenvalue weighted by Crippen LogP contribution is 2.26. The lowest BCUT2D eigenvalue weighted by Crippen LogP contribution is -2.51. The molecule has 0 unspecified atom stereocenters. The van der Waals surface area contributed by atoms with Crippen molar-refractivity contribution in [3.63, 3.8) is 0 Å². The lowest BCUT2D eigenvalue weighted by molar-refractivity contribution is -0.131. The minimum Gasteiger partial charge on any atom is -0.346 e. The molecule has 1 N–H and O–H groups in total. The van der Waals surface area contributed by atoms with Gasteiger partial charge in [-0.2, -0.15) is 0 Å². The minimum absolute atomic E-state index is 0.129. The van der Waals surface area contributed by atoms with E-state index in [1.165, 1.54) is 25.7 Å². The first-order valence-electron chi connectivity index (χ1n) is 10.1. The number of aryl methyl sites for hydroxylation is 1. The van der Waals surface area contributed by atoms with Crippen molar-refractivity contribution in [1.29, 1.82) is 0 Å². The smallest absolute Gasteiger partial charge is 0.254 e. The summed E-state index contributed by atoms with van der Waals surface area (Å²) in [6, 6.07) is 3.79. The van der Waals surface area contributed by atoms with Gasteiger partial charge >= 0.3 is 0 Å². The molecule has 7 heteroatoms. The number of aromatic amines is 1. The summed E-state index contributed by atoms with van der Waals surface area (Å²) in [5.74, 6) is 2.16. The van der Waals surface area contributed by atoms with E-state index in [0.29, 0.717) is 29.5 Å². The van der Waals surface area contributed by atoms with Gasteiger partial charge in [0.2, 0.25) is 5.91 Å². The molecule has 2 aromatic rings. The Bertz CT molecular complexity index is 915. The molecular formula is C21H27N5O2. The first-order valence-corrected chi connectivity index (χ1v) is 10.1. The van der Waals surface area contributed by atoms with E-state index in [1.54, 1.807) is 13.1 Å². The maximum absolute atomic E-state index is 12.6. The van der Waals surface area contributed by atoms with E-state index in [-0.39, 0.29) is 11.5 Å². The second kappa shape index (κ2) is 7.73. The first kappa shape index (κ1) is 18.7. The zero-order valence-electron chi connectivity index (χ0n) is 16.6. The van der Waals surface area contributed by atoms with Crippen LogP contribution < -0.4 is 10.5 Å². The van der Waals surface area contributed by atoms with E-state index in [2.05, 4.69) is 15.0 Å². The van der Waals surface area contributed by atoms with Crippen molar-refractivity contribution in [2.45, 2.75) is 39.5 Å². The predicted molar refractivity (Wildman–Crippen MR) is 108 cm³/mol. The lowest BCUT2D eigenvalue weighted by Gasteiger charge is -2.36. The zero-order valence-corrected chi connectivity index (χ0v) is 16.6. The number of amides is 1. The molecule has 28 heavy (non-hydrogen) atoms. The quantitative estimate of drug-likeness (QED) is 0.879. The van der Waals surface area contributed by atoms with Crippen LogP contribution in [-0.4, -0.2) is 51.9 Å². The Morgan fingerprint density at radius 1 is 1.14 bits per heavy atom. The van der Waals surface area contributed by atoms with Crippen LogP contribution in [0.5, 0.6) is 0 Å². The molecule has 2 fully saturated rings. The van der Waals surface area contributed by atoms with Gasteiger partial charge in [0.15, 0.2) is 0 Å². The average Bonchev–Trinajstić information content (AvgIpc) is 3.20. The van der Waals surface area contributed by atoms with Gasteiger partial charge in [-0.05, 0) is 44.7 Å². The van der Waals surface area contributed by atoms with Crippen molar-refractivity contribution in [3.05, 3.63) is 39.9 Å². The number of nitrogens with one attached hydrogen (secondary N) is 1. The molecule has 0 radical (unpaired) electrons. The predicted octanol–water partition coefficient (Wildman–Crippen LogP) is 2.29. The molecule has 148 valence electrons. The molecule has 1 saturated carbocycles. The number of anilines is 1. The number of pyridine rings is 1. The van der Waals surface area contributed by atoms with Gasteiger partial charge in [-0.15, -0.1) is 0 Å². The van der Waals surface area contributed by atoms with Crippen LogP contribution >= 0.6 is 0 Å². The largest absolute Gasteiger partial charge is 0.346 e. The van der Waals surface area contributed by atoms with E-state index >= 15 is 0 Å². The van der Waals surface area contributed by atoms with Gasteiger partial charge in [0, 0.05) is 42.7 Å². The molecule has 2 aromatic heterocycles. The Labute approximate surface area is 164 Å². The van der Waals surface area contributed by atoms with Crippen LogP contribution in [0, 0.1) is 19.8 Å². The second-order valence-electron chi connectivity index (χ2n) is 7.94. The SMILES string of the molecule is Cc1nc(-c2ccc(N3CCN(CC4CCCC4)C(=O)C3)nc2)[nH]c(=O)c1C. The van der Waals surface area contributed by atoms with Gasteiger partial charge in [0.05, 0.1) is 6.54 Å². The Balaban J connectivity index is 1.43. The third kappa shape index (κ3) is 3.79. The Morgan fingerprint density at radius 3 is 2.57 bits per heavy atom. The number of H-pyrrole nitrogens is 1. The summed E-state index contributed by atoms with van der Waals surface area (Å²) in [4.78, 5) is 40.3. The molecule has 1 saturated heterocycles.